The van der Waals surface area contributed by atoms with Crippen LogP contribution < -0.4 is 20.1 Å². The van der Waals surface area contributed by atoms with Gasteiger partial charge in [-0.15, -0.1) is 24.0 Å². The number of nitrogens with zero attached hydrogens (tertiary/aromatic N) is 3. The van der Waals surface area contributed by atoms with Gasteiger partial charge < -0.3 is 20.1 Å². The molecule has 0 fully saturated rings. The number of aromatic nitrogens is 2. The molecule has 8 heteroatoms. The number of fused-ring (bicyclic) bond motifs is 1. The molecule has 2 heterocycles. The lowest BCUT2D eigenvalue weighted by Crippen LogP contribution is -2.36. The highest BCUT2D eigenvalue weighted by atomic mass is 127. The molecule has 0 amide bonds. The van der Waals surface area contributed by atoms with Gasteiger partial charge in [-0.1, -0.05) is 30.3 Å². The summed E-state index contributed by atoms with van der Waals surface area (Å²) in [4.78, 5) is 4.32. The van der Waals surface area contributed by atoms with Crippen molar-refractivity contribution in [1.29, 1.82) is 0 Å². The first-order valence-corrected chi connectivity index (χ1v) is 9.19. The standard InChI is InChI=1S/C21H23N5O2.HI/c1-22-21(23-12-16-7-8-19-20(11-16)28-15-27-19)24-13-17-5-2-3-6-18(17)14-26-10-4-9-25-26;/h2-11H,12-15H2,1H3,(H2,22,23,24);1H. The van der Waals surface area contributed by atoms with E-state index in [1.165, 1.54) is 11.1 Å². The average molecular weight is 505 g/mol. The van der Waals surface area contributed by atoms with Crippen molar-refractivity contribution in [2.45, 2.75) is 19.6 Å². The lowest BCUT2D eigenvalue weighted by Gasteiger charge is -2.14. The number of aliphatic imine (C=N–C) groups is 1. The second kappa shape index (κ2) is 10.1. The Morgan fingerprint density at radius 1 is 1.03 bits per heavy atom. The minimum atomic E-state index is 0. The second-order valence-corrected chi connectivity index (χ2v) is 6.44. The minimum absolute atomic E-state index is 0. The third-order valence-corrected chi connectivity index (χ3v) is 4.58. The Kier molecular flexibility index (Phi) is 7.34. The summed E-state index contributed by atoms with van der Waals surface area (Å²) in [6.07, 6.45) is 3.76. The van der Waals surface area contributed by atoms with Gasteiger partial charge in [0.1, 0.15) is 0 Å². The zero-order chi connectivity index (χ0) is 19.2. The topological polar surface area (TPSA) is 72.7 Å². The summed E-state index contributed by atoms with van der Waals surface area (Å²) in [6.45, 7) is 2.35. The molecule has 0 atom stereocenters. The van der Waals surface area contributed by atoms with Crippen molar-refractivity contribution >= 4 is 29.9 Å². The number of nitrogens with one attached hydrogen (secondary N) is 2. The van der Waals surface area contributed by atoms with Gasteiger partial charge in [-0.2, -0.15) is 5.10 Å². The Morgan fingerprint density at radius 2 is 1.83 bits per heavy atom. The third kappa shape index (κ3) is 5.41. The fourth-order valence-electron chi connectivity index (χ4n) is 3.09. The van der Waals surface area contributed by atoms with Crippen LogP contribution in [0.3, 0.4) is 0 Å². The molecule has 4 rings (SSSR count). The molecule has 1 aliphatic rings. The quantitative estimate of drug-likeness (QED) is 0.306. The molecular formula is C21H24IN5O2. The molecule has 0 spiro atoms. The first kappa shape index (κ1) is 21.0. The molecule has 2 N–H and O–H groups in total. The molecule has 152 valence electrons. The first-order chi connectivity index (χ1) is 13.8. The van der Waals surface area contributed by atoms with Crippen LogP contribution in [-0.4, -0.2) is 29.6 Å². The molecule has 0 unspecified atom stereocenters. The van der Waals surface area contributed by atoms with Crippen LogP contribution in [-0.2, 0) is 19.6 Å². The van der Waals surface area contributed by atoms with Gasteiger partial charge in [0.05, 0.1) is 6.54 Å². The summed E-state index contributed by atoms with van der Waals surface area (Å²) < 4.78 is 12.7. The highest BCUT2D eigenvalue weighted by Crippen LogP contribution is 2.32. The van der Waals surface area contributed by atoms with Crippen LogP contribution in [0, 0.1) is 0 Å². The summed E-state index contributed by atoms with van der Waals surface area (Å²) in [6, 6.07) is 16.2. The predicted octanol–water partition coefficient (Wildman–Crippen LogP) is 3.14. The zero-order valence-corrected chi connectivity index (χ0v) is 18.5. The summed E-state index contributed by atoms with van der Waals surface area (Å²) in [5.74, 6) is 2.32. The Hall–Kier alpha value is -2.75. The van der Waals surface area contributed by atoms with Gasteiger partial charge in [0.25, 0.3) is 0 Å². The highest BCUT2D eigenvalue weighted by Gasteiger charge is 2.13. The molecule has 0 radical (unpaired) electrons. The van der Waals surface area contributed by atoms with Gasteiger partial charge in [0, 0.05) is 32.5 Å². The molecule has 0 saturated carbocycles. The van der Waals surface area contributed by atoms with E-state index in [9.17, 15) is 0 Å². The normalized spacial score (nSPS) is 12.4. The average Bonchev–Trinajstić information content (AvgIpc) is 3.40. The number of benzene rings is 2. The smallest absolute Gasteiger partial charge is 0.231 e. The summed E-state index contributed by atoms with van der Waals surface area (Å²) in [5, 5.41) is 11.0. The minimum Gasteiger partial charge on any atom is -0.454 e. The van der Waals surface area contributed by atoms with Crippen LogP contribution in [0.25, 0.3) is 0 Å². The monoisotopic (exact) mass is 505 g/mol. The van der Waals surface area contributed by atoms with E-state index in [0.717, 1.165) is 29.6 Å². The van der Waals surface area contributed by atoms with Crippen LogP contribution in [0.1, 0.15) is 16.7 Å². The molecular weight excluding hydrogens is 481 g/mol. The number of hydrogen-bond acceptors (Lipinski definition) is 4. The number of ether oxygens (including phenoxy) is 2. The number of rotatable bonds is 6. The molecule has 0 saturated heterocycles. The van der Waals surface area contributed by atoms with Crippen molar-refractivity contribution in [3.63, 3.8) is 0 Å². The van der Waals surface area contributed by atoms with E-state index in [1.807, 2.05) is 41.2 Å². The van der Waals surface area contributed by atoms with Crippen molar-refractivity contribution in [3.8, 4) is 11.5 Å². The van der Waals surface area contributed by atoms with E-state index in [0.29, 0.717) is 13.1 Å². The van der Waals surface area contributed by atoms with Crippen LogP contribution in [0.2, 0.25) is 0 Å². The molecule has 29 heavy (non-hydrogen) atoms. The van der Waals surface area contributed by atoms with E-state index in [-0.39, 0.29) is 30.8 Å². The predicted molar refractivity (Wildman–Crippen MR) is 123 cm³/mol. The van der Waals surface area contributed by atoms with E-state index in [4.69, 9.17) is 9.47 Å². The molecule has 1 aliphatic heterocycles. The van der Waals surface area contributed by atoms with Crippen molar-refractivity contribution < 1.29 is 9.47 Å². The lowest BCUT2D eigenvalue weighted by molar-refractivity contribution is 0.174. The number of guanidine groups is 1. The number of hydrogen-bond donors (Lipinski definition) is 2. The van der Waals surface area contributed by atoms with Crippen LogP contribution in [0.5, 0.6) is 11.5 Å². The van der Waals surface area contributed by atoms with Crippen molar-refractivity contribution in [2.75, 3.05) is 13.8 Å². The van der Waals surface area contributed by atoms with Crippen molar-refractivity contribution in [1.82, 2.24) is 20.4 Å². The Bertz CT molecular complexity index is 959. The molecule has 7 nitrogen and oxygen atoms in total. The Labute approximate surface area is 187 Å². The van der Waals surface area contributed by atoms with E-state index in [1.54, 1.807) is 13.2 Å². The van der Waals surface area contributed by atoms with Gasteiger partial charge in [-0.25, -0.2) is 0 Å². The molecule has 3 aromatic rings. The molecule has 2 aromatic carbocycles. The largest absolute Gasteiger partial charge is 0.454 e. The van der Waals surface area contributed by atoms with Crippen LogP contribution >= 0.6 is 24.0 Å². The highest BCUT2D eigenvalue weighted by molar-refractivity contribution is 14.0. The number of halogens is 1. The lowest BCUT2D eigenvalue weighted by atomic mass is 10.1. The summed E-state index contributed by atoms with van der Waals surface area (Å²) >= 11 is 0. The molecule has 0 bridgehead atoms. The fraction of sp³-hybridized carbons (Fsp3) is 0.238. The SMILES string of the molecule is CN=C(NCc1ccc2c(c1)OCO2)NCc1ccccc1Cn1cccn1.I. The van der Waals surface area contributed by atoms with Gasteiger partial charge in [-0.05, 0) is 34.9 Å². The van der Waals surface area contributed by atoms with Crippen LogP contribution in [0.15, 0.2) is 65.9 Å². The van der Waals surface area contributed by atoms with Gasteiger partial charge >= 0.3 is 0 Å². The maximum absolute atomic E-state index is 5.43. The second-order valence-electron chi connectivity index (χ2n) is 6.44. The summed E-state index contributed by atoms with van der Waals surface area (Å²) in [7, 11) is 1.77. The molecule has 0 aliphatic carbocycles. The van der Waals surface area contributed by atoms with Gasteiger partial charge in [0.2, 0.25) is 6.79 Å². The molecule has 1 aromatic heterocycles. The Morgan fingerprint density at radius 3 is 2.62 bits per heavy atom. The third-order valence-electron chi connectivity index (χ3n) is 4.58. The van der Waals surface area contributed by atoms with E-state index < -0.39 is 0 Å². The first-order valence-electron chi connectivity index (χ1n) is 9.19. The Balaban J connectivity index is 0.00000240. The summed E-state index contributed by atoms with van der Waals surface area (Å²) in [5.41, 5.74) is 3.54. The van der Waals surface area contributed by atoms with E-state index in [2.05, 4.69) is 38.9 Å². The van der Waals surface area contributed by atoms with Gasteiger partial charge in [0.15, 0.2) is 17.5 Å². The zero-order valence-electron chi connectivity index (χ0n) is 16.2. The van der Waals surface area contributed by atoms with Crippen LogP contribution in [0.4, 0.5) is 0 Å². The fourth-order valence-corrected chi connectivity index (χ4v) is 3.09. The maximum Gasteiger partial charge on any atom is 0.231 e. The van der Waals surface area contributed by atoms with Gasteiger partial charge in [-0.3, -0.25) is 9.67 Å². The van der Waals surface area contributed by atoms with E-state index >= 15 is 0 Å². The van der Waals surface area contributed by atoms with Crippen molar-refractivity contribution in [2.24, 2.45) is 4.99 Å². The van der Waals surface area contributed by atoms with Crippen molar-refractivity contribution in [3.05, 3.63) is 77.6 Å². The maximum atomic E-state index is 5.43.